The van der Waals surface area contributed by atoms with E-state index in [1.807, 2.05) is 35.4 Å². The van der Waals surface area contributed by atoms with Crippen molar-refractivity contribution in [1.82, 2.24) is 25.5 Å². The van der Waals surface area contributed by atoms with Crippen molar-refractivity contribution in [3.63, 3.8) is 0 Å². The molecule has 0 radical (unpaired) electrons. The highest BCUT2D eigenvalue weighted by molar-refractivity contribution is 7.98. The maximum atomic E-state index is 12.9. The molecule has 1 heterocycles. The number of benzene rings is 2. The Kier molecular flexibility index (Phi) is 15.5. The maximum Gasteiger partial charge on any atom is 0.328 e. The van der Waals surface area contributed by atoms with Crippen LogP contribution in [0, 0.1) is 0 Å². The van der Waals surface area contributed by atoms with Crippen molar-refractivity contribution >= 4 is 40.3 Å². The Morgan fingerprint density at radius 3 is 2.50 bits per heavy atom. The van der Waals surface area contributed by atoms with Crippen LogP contribution in [0.4, 0.5) is 0 Å². The molecule has 0 saturated carbocycles. The molecule has 3 aromatic rings. The molecule has 0 aliphatic rings. The third kappa shape index (κ3) is 11.8. The average molecular weight is 570 g/mol. The Morgan fingerprint density at radius 1 is 1.07 bits per heavy atom. The fraction of sp³-hybridized carbons (Fsp3) is 0.467. The number of ether oxygens (including phenoxy) is 1. The van der Waals surface area contributed by atoms with Crippen molar-refractivity contribution in [2.24, 2.45) is 0 Å². The number of methoxy groups -OCH3 is 1. The number of hydrogen-bond donors (Lipinski definition) is 3. The summed E-state index contributed by atoms with van der Waals surface area (Å²) in [6, 6.07) is 13.5. The molecular formula is C30H43N5O4S. The first kappa shape index (κ1) is 32.8. The van der Waals surface area contributed by atoms with Gasteiger partial charge in [0.2, 0.25) is 11.8 Å². The summed E-state index contributed by atoms with van der Waals surface area (Å²) in [5.41, 5.74) is 1.81. The van der Waals surface area contributed by atoms with Crippen LogP contribution in [0.3, 0.4) is 0 Å². The highest BCUT2D eigenvalue weighted by Crippen LogP contribution is 2.20. The zero-order chi connectivity index (χ0) is 29.2. The van der Waals surface area contributed by atoms with Gasteiger partial charge in [0.25, 0.3) is 0 Å². The van der Waals surface area contributed by atoms with Gasteiger partial charge in [0.05, 0.1) is 26.4 Å². The summed E-state index contributed by atoms with van der Waals surface area (Å²) >= 11 is 1.60. The van der Waals surface area contributed by atoms with Crippen LogP contribution >= 0.6 is 11.8 Å². The van der Waals surface area contributed by atoms with Gasteiger partial charge in [0.15, 0.2) is 0 Å². The monoisotopic (exact) mass is 569 g/mol. The molecule has 3 rings (SSSR count). The van der Waals surface area contributed by atoms with E-state index in [1.165, 1.54) is 26.3 Å². The number of rotatable bonds is 15. The zero-order valence-corrected chi connectivity index (χ0v) is 24.9. The standard InChI is InChI=1S/C26H33N5O4S.C4H10/c1-35-26(34)23(10-13-36-2)30-25(33)17-31(12-11-28-24(32)14-21-15-27-18-29-21)16-20-8-5-7-19-6-3-4-9-22(19)20;1-3-4-2/h3-9,15,18,23H,10-14,16-17H2,1-2H3,(H,27,29)(H,28,32)(H,30,33);3-4H2,1-2H3/t23-;/m0./s1. The van der Waals surface area contributed by atoms with Gasteiger partial charge in [-0.05, 0) is 34.8 Å². The number of imidazole rings is 1. The van der Waals surface area contributed by atoms with Crippen LogP contribution in [0.5, 0.6) is 0 Å². The summed E-state index contributed by atoms with van der Waals surface area (Å²) in [7, 11) is 1.32. The van der Waals surface area contributed by atoms with Gasteiger partial charge in [-0.25, -0.2) is 9.78 Å². The average Bonchev–Trinajstić information content (AvgIpc) is 3.48. The number of carbonyl (C=O) groups excluding carboxylic acids is 3. The first-order chi connectivity index (χ1) is 19.4. The summed E-state index contributed by atoms with van der Waals surface area (Å²) < 4.78 is 4.86. The predicted octanol–water partition coefficient (Wildman–Crippen LogP) is 3.94. The number of nitrogens with one attached hydrogen (secondary N) is 3. The van der Waals surface area contributed by atoms with Gasteiger partial charge in [-0.1, -0.05) is 69.2 Å². The summed E-state index contributed by atoms with van der Waals surface area (Å²) in [5.74, 6) is -0.126. The molecule has 0 fully saturated rings. The molecule has 9 nitrogen and oxygen atoms in total. The molecule has 0 spiro atoms. The van der Waals surface area contributed by atoms with Crippen LogP contribution in [0.15, 0.2) is 55.0 Å². The van der Waals surface area contributed by atoms with Crippen LogP contribution < -0.4 is 10.6 Å². The van der Waals surface area contributed by atoms with Crippen molar-refractivity contribution in [3.8, 4) is 0 Å². The second-order valence-corrected chi connectivity index (χ2v) is 10.4. The van der Waals surface area contributed by atoms with Crippen LogP contribution in [0.25, 0.3) is 10.8 Å². The van der Waals surface area contributed by atoms with Crippen molar-refractivity contribution < 1.29 is 19.1 Å². The lowest BCUT2D eigenvalue weighted by atomic mass is 10.0. The Balaban J connectivity index is 0.00000131. The number of fused-ring (bicyclic) bond motifs is 1. The summed E-state index contributed by atoms with van der Waals surface area (Å²) in [6.45, 7) is 5.78. The molecule has 10 heteroatoms. The van der Waals surface area contributed by atoms with Gasteiger partial charge in [-0.15, -0.1) is 0 Å². The molecule has 0 unspecified atom stereocenters. The van der Waals surface area contributed by atoms with Crippen molar-refractivity contribution in [1.29, 1.82) is 0 Å². The van der Waals surface area contributed by atoms with Gasteiger partial charge >= 0.3 is 5.97 Å². The van der Waals surface area contributed by atoms with E-state index in [9.17, 15) is 14.4 Å². The minimum absolute atomic E-state index is 0.0758. The van der Waals surface area contributed by atoms with Crippen molar-refractivity contribution in [3.05, 3.63) is 66.2 Å². The second kappa shape index (κ2) is 18.8. The fourth-order valence-electron chi connectivity index (χ4n) is 3.93. The number of aromatic nitrogens is 2. The minimum Gasteiger partial charge on any atom is -0.467 e. The number of thioether (sulfide) groups is 1. The SMILES string of the molecule is CCCC.COC(=O)[C@H](CCSC)NC(=O)CN(CCNC(=O)Cc1cnc[nH]1)Cc1cccc2ccccc12. The van der Waals surface area contributed by atoms with E-state index in [1.54, 1.807) is 18.0 Å². The number of unbranched alkanes of at least 4 members (excludes halogenated alkanes) is 1. The first-order valence-corrected chi connectivity index (χ1v) is 15.1. The lowest BCUT2D eigenvalue weighted by Gasteiger charge is -2.24. The molecule has 2 aromatic carbocycles. The van der Waals surface area contributed by atoms with Gasteiger partial charge in [-0.2, -0.15) is 11.8 Å². The van der Waals surface area contributed by atoms with E-state index >= 15 is 0 Å². The van der Waals surface area contributed by atoms with Gasteiger partial charge in [0, 0.05) is 31.5 Å². The molecule has 0 aliphatic heterocycles. The molecule has 218 valence electrons. The van der Waals surface area contributed by atoms with Crippen molar-refractivity contribution in [2.45, 2.75) is 52.1 Å². The lowest BCUT2D eigenvalue weighted by Crippen LogP contribution is -2.47. The minimum atomic E-state index is -0.691. The first-order valence-electron chi connectivity index (χ1n) is 13.7. The zero-order valence-electron chi connectivity index (χ0n) is 24.1. The lowest BCUT2D eigenvalue weighted by molar-refractivity contribution is -0.145. The smallest absolute Gasteiger partial charge is 0.328 e. The molecular weight excluding hydrogens is 526 g/mol. The van der Waals surface area contributed by atoms with E-state index < -0.39 is 12.0 Å². The van der Waals surface area contributed by atoms with Crippen LogP contribution in [0.1, 0.15) is 44.4 Å². The van der Waals surface area contributed by atoms with Crippen LogP contribution in [-0.2, 0) is 32.1 Å². The maximum absolute atomic E-state index is 12.9. The number of esters is 1. The van der Waals surface area contributed by atoms with E-state index in [-0.39, 0.29) is 24.8 Å². The summed E-state index contributed by atoms with van der Waals surface area (Å²) in [5, 5.41) is 7.96. The van der Waals surface area contributed by atoms with Gasteiger partial charge in [-0.3, -0.25) is 14.5 Å². The number of nitrogens with zero attached hydrogens (tertiary/aromatic N) is 2. The third-order valence-electron chi connectivity index (χ3n) is 6.23. The Labute approximate surface area is 241 Å². The van der Waals surface area contributed by atoms with Gasteiger partial charge < -0.3 is 20.4 Å². The predicted molar refractivity (Wildman–Crippen MR) is 162 cm³/mol. The Bertz CT molecular complexity index is 1160. The van der Waals surface area contributed by atoms with E-state index in [4.69, 9.17) is 4.74 Å². The Hall–Kier alpha value is -3.37. The normalized spacial score (nSPS) is 11.4. The molecule has 1 aromatic heterocycles. The van der Waals surface area contributed by atoms with E-state index in [2.05, 4.69) is 52.6 Å². The van der Waals surface area contributed by atoms with Crippen LogP contribution in [-0.4, -0.2) is 77.4 Å². The molecule has 3 N–H and O–H groups in total. The van der Waals surface area contributed by atoms with Gasteiger partial charge in [0.1, 0.15) is 6.04 Å². The van der Waals surface area contributed by atoms with E-state index in [0.717, 1.165) is 27.8 Å². The molecule has 0 saturated heterocycles. The molecule has 2 amide bonds. The number of aromatic amines is 1. The molecule has 0 aliphatic carbocycles. The highest BCUT2D eigenvalue weighted by atomic mass is 32.2. The Morgan fingerprint density at radius 2 is 1.82 bits per heavy atom. The summed E-state index contributed by atoms with van der Waals surface area (Å²) in [6.07, 6.45) is 8.44. The highest BCUT2D eigenvalue weighted by Gasteiger charge is 2.22. The van der Waals surface area contributed by atoms with Crippen molar-refractivity contribution in [2.75, 3.05) is 38.8 Å². The molecule has 1 atom stereocenters. The summed E-state index contributed by atoms with van der Waals surface area (Å²) in [4.78, 5) is 46.2. The largest absolute Gasteiger partial charge is 0.467 e. The van der Waals surface area contributed by atoms with E-state index in [0.29, 0.717) is 26.1 Å². The third-order valence-corrected chi connectivity index (χ3v) is 6.87. The quantitative estimate of drug-likeness (QED) is 0.237. The topological polar surface area (TPSA) is 116 Å². The number of amides is 2. The molecule has 40 heavy (non-hydrogen) atoms. The fourth-order valence-corrected chi connectivity index (χ4v) is 4.40. The number of H-pyrrole nitrogens is 1. The van der Waals surface area contributed by atoms with Crippen LogP contribution in [0.2, 0.25) is 0 Å². The number of hydrogen-bond acceptors (Lipinski definition) is 7. The molecule has 0 bridgehead atoms. The number of carbonyl (C=O) groups is 3. The second-order valence-electron chi connectivity index (χ2n) is 9.38.